The third-order valence-corrected chi connectivity index (χ3v) is 6.08. The standard InChI is InChI=1S/C19H20Cl2N2OS/c1-19(7-8-25-17(22)11-19)12-3-2-4-14(9-12)23-18(24)15-6-5-13(20)10-16(15)21/h2-6,9-11,15-16H,7-8,22H2,1H3,(H,23,24)/t15?,16?,19-/m1/s1. The Morgan fingerprint density at radius 3 is 2.96 bits per heavy atom. The second-order valence-electron chi connectivity index (χ2n) is 6.51. The van der Waals surface area contributed by atoms with Gasteiger partial charge in [0.1, 0.15) is 0 Å². The van der Waals surface area contributed by atoms with Gasteiger partial charge in [0.05, 0.1) is 16.3 Å². The monoisotopic (exact) mass is 394 g/mol. The largest absolute Gasteiger partial charge is 0.394 e. The van der Waals surface area contributed by atoms with E-state index in [2.05, 4.69) is 24.4 Å². The van der Waals surface area contributed by atoms with Crippen LogP contribution in [0, 0.1) is 5.92 Å². The molecule has 3 nitrogen and oxygen atoms in total. The Morgan fingerprint density at radius 1 is 1.44 bits per heavy atom. The summed E-state index contributed by atoms with van der Waals surface area (Å²) in [6.45, 7) is 2.17. The number of alkyl halides is 1. The van der Waals surface area contributed by atoms with E-state index >= 15 is 0 Å². The molecule has 25 heavy (non-hydrogen) atoms. The van der Waals surface area contributed by atoms with Crippen molar-refractivity contribution in [2.24, 2.45) is 11.7 Å². The first-order valence-corrected chi connectivity index (χ1v) is 9.89. The first kappa shape index (κ1) is 18.4. The Bertz CT molecular complexity index is 774. The zero-order valence-corrected chi connectivity index (χ0v) is 16.2. The second kappa shape index (κ2) is 7.48. The van der Waals surface area contributed by atoms with Gasteiger partial charge in [-0.25, -0.2) is 0 Å². The predicted molar refractivity (Wildman–Crippen MR) is 108 cm³/mol. The number of nitrogens with two attached hydrogens (primary N) is 1. The lowest BCUT2D eigenvalue weighted by Crippen LogP contribution is -2.29. The van der Waals surface area contributed by atoms with Crippen molar-refractivity contribution in [1.29, 1.82) is 0 Å². The Kier molecular flexibility index (Phi) is 5.52. The minimum atomic E-state index is -0.448. The Labute approximate surface area is 162 Å². The van der Waals surface area contributed by atoms with E-state index in [9.17, 15) is 4.79 Å². The van der Waals surface area contributed by atoms with Gasteiger partial charge in [-0.1, -0.05) is 36.7 Å². The number of carbonyl (C=O) groups excluding carboxylic acids is 1. The number of hydrogen-bond donors (Lipinski definition) is 2. The highest BCUT2D eigenvalue weighted by Crippen LogP contribution is 2.38. The number of thioether (sulfide) groups is 1. The van der Waals surface area contributed by atoms with Gasteiger partial charge in [-0.2, -0.15) is 0 Å². The number of halogens is 2. The molecule has 1 aliphatic heterocycles. The van der Waals surface area contributed by atoms with Crippen LogP contribution < -0.4 is 11.1 Å². The maximum atomic E-state index is 12.5. The average molecular weight is 395 g/mol. The van der Waals surface area contributed by atoms with Gasteiger partial charge in [-0.15, -0.1) is 23.4 Å². The summed E-state index contributed by atoms with van der Waals surface area (Å²) < 4.78 is 0. The number of nitrogens with one attached hydrogen (secondary N) is 1. The van der Waals surface area contributed by atoms with Crippen LogP contribution in [0.25, 0.3) is 0 Å². The normalized spacial score (nSPS) is 28.9. The SMILES string of the molecule is C[C@]1(c2cccc(NC(=O)C3C=CC(Cl)=CC3Cl)c2)C=C(N)SCC1. The lowest BCUT2D eigenvalue weighted by molar-refractivity contribution is -0.118. The van der Waals surface area contributed by atoms with E-state index in [0.29, 0.717) is 5.03 Å². The summed E-state index contributed by atoms with van der Waals surface area (Å²) in [4.78, 5) is 12.5. The molecule has 0 saturated heterocycles. The van der Waals surface area contributed by atoms with Gasteiger partial charge in [0.15, 0.2) is 0 Å². The van der Waals surface area contributed by atoms with Crippen molar-refractivity contribution in [2.45, 2.75) is 24.1 Å². The molecular weight excluding hydrogens is 375 g/mol. The van der Waals surface area contributed by atoms with Crippen molar-refractivity contribution in [1.82, 2.24) is 0 Å². The van der Waals surface area contributed by atoms with E-state index in [4.69, 9.17) is 28.9 Å². The van der Waals surface area contributed by atoms with Crippen molar-refractivity contribution in [3.63, 3.8) is 0 Å². The van der Waals surface area contributed by atoms with Crippen LogP contribution in [-0.2, 0) is 10.2 Å². The first-order valence-electron chi connectivity index (χ1n) is 8.09. The molecule has 3 rings (SSSR count). The molecule has 132 valence electrons. The molecule has 1 aromatic rings. The van der Waals surface area contributed by atoms with Crippen LogP contribution >= 0.6 is 35.0 Å². The second-order valence-corrected chi connectivity index (χ2v) is 8.62. The van der Waals surface area contributed by atoms with E-state index in [0.717, 1.165) is 28.5 Å². The van der Waals surface area contributed by atoms with Crippen LogP contribution in [0.4, 0.5) is 5.69 Å². The number of benzene rings is 1. The number of amides is 1. The highest BCUT2D eigenvalue weighted by Gasteiger charge is 2.29. The molecule has 1 amide bonds. The molecule has 1 aromatic carbocycles. The molecule has 2 unspecified atom stereocenters. The molecular formula is C19H20Cl2N2OS. The summed E-state index contributed by atoms with van der Waals surface area (Å²) in [5, 5.41) is 3.92. The van der Waals surface area contributed by atoms with Crippen LogP contribution in [0.2, 0.25) is 0 Å². The van der Waals surface area contributed by atoms with Gasteiger partial charge in [0.25, 0.3) is 0 Å². The van der Waals surface area contributed by atoms with E-state index in [1.54, 1.807) is 30.0 Å². The summed E-state index contributed by atoms with van der Waals surface area (Å²) in [6, 6.07) is 7.92. The molecule has 1 heterocycles. The molecule has 0 radical (unpaired) electrons. The first-order chi connectivity index (χ1) is 11.9. The summed E-state index contributed by atoms with van der Waals surface area (Å²) in [6.07, 6.45) is 8.23. The zero-order chi connectivity index (χ0) is 18.0. The lowest BCUT2D eigenvalue weighted by Gasteiger charge is -2.31. The summed E-state index contributed by atoms with van der Waals surface area (Å²) in [5.41, 5.74) is 7.78. The average Bonchev–Trinajstić information content (AvgIpc) is 2.54. The molecule has 0 spiro atoms. The topological polar surface area (TPSA) is 55.1 Å². The summed E-state index contributed by atoms with van der Waals surface area (Å²) in [7, 11) is 0. The maximum Gasteiger partial charge on any atom is 0.233 e. The van der Waals surface area contributed by atoms with Crippen LogP contribution in [-0.4, -0.2) is 17.0 Å². The Balaban J connectivity index is 1.77. The molecule has 3 atom stereocenters. The van der Waals surface area contributed by atoms with E-state index < -0.39 is 11.3 Å². The molecule has 6 heteroatoms. The summed E-state index contributed by atoms with van der Waals surface area (Å²) >= 11 is 13.8. The van der Waals surface area contributed by atoms with Crippen LogP contribution in [0.1, 0.15) is 18.9 Å². The van der Waals surface area contributed by atoms with Crippen molar-refractivity contribution in [2.75, 3.05) is 11.1 Å². The number of carbonyl (C=O) groups is 1. The van der Waals surface area contributed by atoms with Gasteiger partial charge < -0.3 is 11.1 Å². The van der Waals surface area contributed by atoms with Crippen molar-refractivity contribution in [3.05, 3.63) is 64.2 Å². The zero-order valence-electron chi connectivity index (χ0n) is 13.8. The highest BCUT2D eigenvalue weighted by atomic mass is 35.5. The van der Waals surface area contributed by atoms with Crippen molar-refractivity contribution < 1.29 is 4.79 Å². The van der Waals surface area contributed by atoms with E-state index in [1.165, 1.54) is 0 Å². The fourth-order valence-corrected chi connectivity index (χ4v) is 4.77. The highest BCUT2D eigenvalue weighted by molar-refractivity contribution is 8.03. The van der Waals surface area contributed by atoms with Gasteiger partial charge in [0.2, 0.25) is 5.91 Å². The molecule has 0 saturated carbocycles. The number of anilines is 1. The fourth-order valence-electron chi connectivity index (χ4n) is 3.06. The number of hydrogen-bond acceptors (Lipinski definition) is 3. The maximum absolute atomic E-state index is 12.5. The van der Waals surface area contributed by atoms with Gasteiger partial charge in [-0.05, 0) is 42.3 Å². The molecule has 0 bridgehead atoms. The van der Waals surface area contributed by atoms with Gasteiger partial charge in [0, 0.05) is 21.9 Å². The minimum Gasteiger partial charge on any atom is -0.394 e. The summed E-state index contributed by atoms with van der Waals surface area (Å²) in [5.74, 6) is 0.404. The molecule has 3 N–H and O–H groups in total. The fraction of sp³-hybridized carbons (Fsp3) is 0.316. The van der Waals surface area contributed by atoms with Crippen LogP contribution in [0.3, 0.4) is 0 Å². The molecule has 0 fully saturated rings. The number of rotatable bonds is 3. The smallest absolute Gasteiger partial charge is 0.233 e. The molecule has 0 aromatic heterocycles. The molecule has 2 aliphatic rings. The lowest BCUT2D eigenvalue weighted by atomic mass is 9.79. The Morgan fingerprint density at radius 2 is 2.24 bits per heavy atom. The Hall–Kier alpha value is -1.36. The quantitative estimate of drug-likeness (QED) is 0.728. The van der Waals surface area contributed by atoms with E-state index in [1.807, 2.05) is 18.2 Å². The third-order valence-electron chi connectivity index (χ3n) is 4.57. The van der Waals surface area contributed by atoms with Crippen molar-refractivity contribution in [3.8, 4) is 0 Å². The third kappa shape index (κ3) is 4.25. The molecule has 1 aliphatic carbocycles. The van der Waals surface area contributed by atoms with Crippen LogP contribution in [0.15, 0.2) is 58.6 Å². The van der Waals surface area contributed by atoms with Crippen molar-refractivity contribution >= 4 is 46.6 Å². The van der Waals surface area contributed by atoms with E-state index in [-0.39, 0.29) is 11.3 Å². The van der Waals surface area contributed by atoms with Gasteiger partial charge in [-0.3, -0.25) is 4.79 Å². The van der Waals surface area contributed by atoms with Crippen LogP contribution in [0.5, 0.6) is 0 Å². The predicted octanol–water partition coefficient (Wildman–Crippen LogP) is 4.74. The number of allylic oxidation sites excluding steroid dienone is 4. The van der Waals surface area contributed by atoms with Gasteiger partial charge >= 0.3 is 0 Å². The minimum absolute atomic E-state index is 0.119.